The van der Waals surface area contributed by atoms with Gasteiger partial charge in [0.05, 0.1) is 0 Å². The van der Waals surface area contributed by atoms with E-state index in [1.807, 2.05) is 13.8 Å². The topological polar surface area (TPSA) is 55.6 Å². The summed E-state index contributed by atoms with van der Waals surface area (Å²) >= 11 is 0. The quantitative estimate of drug-likeness (QED) is 0.768. The minimum Gasteiger partial charge on any atom is -0.436 e. The van der Waals surface area contributed by atoms with Crippen LogP contribution in [0.2, 0.25) is 0 Å². The van der Waals surface area contributed by atoms with E-state index in [9.17, 15) is 4.79 Å². The normalized spacial score (nSPS) is 22.8. The van der Waals surface area contributed by atoms with Gasteiger partial charge in [-0.25, -0.2) is 0 Å². The Morgan fingerprint density at radius 3 is 2.44 bits per heavy atom. The molecule has 0 aromatic heterocycles. The molecule has 2 N–H and O–H groups in total. The Hall–Kier alpha value is -1.21. The number of likely N-dealkylation sites (N-methyl/N-ethyl adjacent to an activating group) is 1. The van der Waals surface area contributed by atoms with Gasteiger partial charge in [-0.2, -0.15) is 0 Å². The van der Waals surface area contributed by atoms with Gasteiger partial charge in [-0.1, -0.05) is 5.92 Å². The minimum absolute atomic E-state index is 0.0000311. The summed E-state index contributed by atoms with van der Waals surface area (Å²) in [6, 6.07) is 0.341. The maximum Gasteiger partial charge on any atom is 0.261 e. The number of carbonyl (C=O) groups excluding carboxylic acids is 1. The molecule has 0 spiro atoms. The Morgan fingerprint density at radius 2 is 1.89 bits per heavy atom. The zero-order valence-electron chi connectivity index (χ0n) is 11.4. The van der Waals surface area contributed by atoms with Gasteiger partial charge in [-0.05, 0) is 39.5 Å². The first-order valence-electron chi connectivity index (χ1n) is 6.83. The number of ether oxygens (including phenoxy) is 1. The molecule has 0 atom stereocenters. The predicted octanol–water partition coefficient (Wildman–Crippen LogP) is 1.35. The Balaban J connectivity index is 2.23. The van der Waals surface area contributed by atoms with Crippen LogP contribution in [0.4, 0.5) is 0 Å². The first kappa shape index (κ1) is 14.8. The average Bonchev–Trinajstić information content (AvgIpc) is 2.38. The predicted molar refractivity (Wildman–Crippen MR) is 71.6 cm³/mol. The summed E-state index contributed by atoms with van der Waals surface area (Å²) in [5, 5.41) is 0. The van der Waals surface area contributed by atoms with Crippen molar-refractivity contribution in [2.75, 3.05) is 19.7 Å². The number of hydrogen-bond donors (Lipinski definition) is 1. The second-order valence-corrected chi connectivity index (χ2v) is 4.71. The van der Waals surface area contributed by atoms with Crippen LogP contribution in [-0.4, -0.2) is 36.5 Å². The van der Waals surface area contributed by atoms with E-state index in [0.29, 0.717) is 25.0 Å². The first-order valence-corrected chi connectivity index (χ1v) is 6.83. The van der Waals surface area contributed by atoms with Crippen molar-refractivity contribution in [3.63, 3.8) is 0 Å². The summed E-state index contributed by atoms with van der Waals surface area (Å²) in [6.07, 6.45) is 6.83. The molecule has 1 aliphatic carbocycles. The van der Waals surface area contributed by atoms with E-state index in [2.05, 4.69) is 12.0 Å². The van der Waals surface area contributed by atoms with Crippen molar-refractivity contribution in [2.45, 2.75) is 45.6 Å². The third kappa shape index (κ3) is 4.97. The number of nitrogens with two attached hydrogens (primary N) is 1. The molecule has 1 aliphatic rings. The maximum atomic E-state index is 11.6. The van der Waals surface area contributed by atoms with E-state index < -0.39 is 0 Å². The van der Waals surface area contributed by atoms with Crippen molar-refractivity contribution < 1.29 is 9.53 Å². The lowest BCUT2D eigenvalue weighted by Gasteiger charge is -2.21. The molecule has 0 radical (unpaired) electrons. The molecule has 102 valence electrons. The molecule has 1 saturated carbocycles. The summed E-state index contributed by atoms with van der Waals surface area (Å²) in [6.45, 7) is 5.40. The molecule has 0 aromatic carbocycles. The summed E-state index contributed by atoms with van der Waals surface area (Å²) in [4.78, 5) is 13.4. The molecular weight excluding hydrogens is 228 g/mol. The van der Waals surface area contributed by atoms with Crippen molar-refractivity contribution >= 4 is 5.91 Å². The molecule has 0 heterocycles. The van der Waals surface area contributed by atoms with Crippen LogP contribution in [0.25, 0.3) is 0 Å². The fourth-order valence-electron chi connectivity index (χ4n) is 2.15. The van der Waals surface area contributed by atoms with Gasteiger partial charge in [0.15, 0.2) is 6.61 Å². The average molecular weight is 252 g/mol. The van der Waals surface area contributed by atoms with Crippen molar-refractivity contribution in [2.24, 2.45) is 11.7 Å². The zero-order valence-corrected chi connectivity index (χ0v) is 11.4. The monoisotopic (exact) mass is 252 g/mol. The van der Waals surface area contributed by atoms with Gasteiger partial charge in [-0.3, -0.25) is 4.79 Å². The highest BCUT2D eigenvalue weighted by Crippen LogP contribution is 2.22. The largest absolute Gasteiger partial charge is 0.436 e. The van der Waals surface area contributed by atoms with Gasteiger partial charge in [0, 0.05) is 25.0 Å². The van der Waals surface area contributed by atoms with E-state index in [-0.39, 0.29) is 12.5 Å². The molecule has 1 fully saturated rings. The molecule has 0 aliphatic heterocycles. The zero-order chi connectivity index (χ0) is 13.4. The van der Waals surface area contributed by atoms with Crippen LogP contribution >= 0.6 is 0 Å². The van der Waals surface area contributed by atoms with Crippen LogP contribution in [0.3, 0.4) is 0 Å². The van der Waals surface area contributed by atoms with Crippen LogP contribution in [-0.2, 0) is 9.53 Å². The van der Waals surface area contributed by atoms with Gasteiger partial charge in [0.25, 0.3) is 5.91 Å². The summed E-state index contributed by atoms with van der Waals surface area (Å²) in [7, 11) is 0. The van der Waals surface area contributed by atoms with Crippen LogP contribution in [0, 0.1) is 17.9 Å². The highest BCUT2D eigenvalue weighted by Gasteiger charge is 2.16. The SMILES string of the molecule is CCN(CC)C(=O)COC#CC1CCC(N)CC1. The minimum atomic E-state index is -0.0000311. The molecule has 0 aromatic rings. The smallest absolute Gasteiger partial charge is 0.261 e. The summed E-state index contributed by atoms with van der Waals surface area (Å²) in [5.41, 5.74) is 5.83. The third-order valence-electron chi connectivity index (χ3n) is 3.42. The summed E-state index contributed by atoms with van der Waals surface area (Å²) in [5.74, 6) is 3.46. The third-order valence-corrected chi connectivity index (χ3v) is 3.42. The first-order chi connectivity index (χ1) is 8.67. The molecule has 4 nitrogen and oxygen atoms in total. The van der Waals surface area contributed by atoms with Crippen molar-refractivity contribution in [1.29, 1.82) is 0 Å². The second-order valence-electron chi connectivity index (χ2n) is 4.71. The number of amides is 1. The molecule has 4 heteroatoms. The number of hydrogen-bond acceptors (Lipinski definition) is 3. The molecule has 1 amide bonds. The van der Waals surface area contributed by atoms with Crippen LogP contribution in [0.15, 0.2) is 0 Å². The molecule has 0 bridgehead atoms. The van der Waals surface area contributed by atoms with E-state index in [1.165, 1.54) is 0 Å². The Morgan fingerprint density at radius 1 is 1.28 bits per heavy atom. The highest BCUT2D eigenvalue weighted by molar-refractivity contribution is 5.77. The lowest BCUT2D eigenvalue weighted by molar-refractivity contribution is -0.133. The second kappa shape index (κ2) is 7.99. The number of rotatable bonds is 4. The molecule has 0 saturated heterocycles. The van der Waals surface area contributed by atoms with Gasteiger partial charge in [-0.15, -0.1) is 0 Å². The van der Waals surface area contributed by atoms with E-state index in [0.717, 1.165) is 25.7 Å². The van der Waals surface area contributed by atoms with E-state index in [1.54, 1.807) is 4.90 Å². The van der Waals surface area contributed by atoms with Gasteiger partial charge < -0.3 is 15.4 Å². The van der Waals surface area contributed by atoms with Gasteiger partial charge in [0.2, 0.25) is 0 Å². The van der Waals surface area contributed by atoms with Crippen LogP contribution < -0.4 is 5.73 Å². The molecular formula is C14H24N2O2. The number of nitrogens with zero attached hydrogens (tertiary/aromatic N) is 1. The Bertz CT molecular complexity index is 307. The van der Waals surface area contributed by atoms with Crippen LogP contribution in [0.1, 0.15) is 39.5 Å². The lowest BCUT2D eigenvalue weighted by Crippen LogP contribution is -2.33. The highest BCUT2D eigenvalue weighted by atomic mass is 16.5. The van der Waals surface area contributed by atoms with Crippen molar-refractivity contribution in [1.82, 2.24) is 4.90 Å². The fourth-order valence-corrected chi connectivity index (χ4v) is 2.15. The molecule has 18 heavy (non-hydrogen) atoms. The Kier molecular flexibility index (Phi) is 6.59. The lowest BCUT2D eigenvalue weighted by atomic mass is 9.87. The molecule has 0 unspecified atom stereocenters. The van der Waals surface area contributed by atoms with Gasteiger partial charge in [0.1, 0.15) is 6.11 Å². The fraction of sp³-hybridized carbons (Fsp3) is 0.786. The van der Waals surface area contributed by atoms with E-state index >= 15 is 0 Å². The Labute approximate surface area is 110 Å². The van der Waals surface area contributed by atoms with Crippen LogP contribution in [0.5, 0.6) is 0 Å². The van der Waals surface area contributed by atoms with E-state index in [4.69, 9.17) is 10.5 Å². The van der Waals surface area contributed by atoms with Crippen molar-refractivity contribution in [3.8, 4) is 12.0 Å². The standard InChI is InChI=1S/C14H24N2O2/c1-3-16(4-2)14(17)11-18-10-9-12-5-7-13(15)8-6-12/h12-13H,3-8,11,15H2,1-2H3. The van der Waals surface area contributed by atoms with Gasteiger partial charge >= 0.3 is 0 Å². The molecule has 1 rings (SSSR count). The van der Waals surface area contributed by atoms with Crippen molar-refractivity contribution in [3.05, 3.63) is 0 Å². The number of carbonyl (C=O) groups is 1. The summed E-state index contributed by atoms with van der Waals surface area (Å²) < 4.78 is 5.13. The maximum absolute atomic E-state index is 11.6.